The summed E-state index contributed by atoms with van der Waals surface area (Å²) in [7, 11) is 0. The highest BCUT2D eigenvalue weighted by molar-refractivity contribution is 5.21. The highest BCUT2D eigenvalue weighted by Crippen LogP contribution is 2.62. The first-order chi connectivity index (χ1) is 10.0. The van der Waals surface area contributed by atoms with E-state index in [1.165, 1.54) is 25.7 Å². The summed E-state index contributed by atoms with van der Waals surface area (Å²) >= 11 is 0. The van der Waals surface area contributed by atoms with E-state index in [1.54, 1.807) is 5.57 Å². The molecule has 3 saturated carbocycles. The van der Waals surface area contributed by atoms with Crippen LogP contribution in [0.3, 0.4) is 0 Å². The third-order valence-electron chi connectivity index (χ3n) is 7.69. The van der Waals surface area contributed by atoms with Crippen molar-refractivity contribution in [3.63, 3.8) is 0 Å². The summed E-state index contributed by atoms with van der Waals surface area (Å²) in [5.41, 5.74) is 1.74. The maximum Gasteiger partial charge on any atom is 0.0596 e. The molecule has 8 atom stereocenters. The van der Waals surface area contributed by atoms with Crippen molar-refractivity contribution in [1.82, 2.24) is 0 Å². The molecule has 118 valence electrons. The summed E-state index contributed by atoms with van der Waals surface area (Å²) in [6.07, 6.45) is 10.2. The van der Waals surface area contributed by atoms with Crippen LogP contribution in [0, 0.1) is 35.0 Å². The Morgan fingerprint density at radius 3 is 2.71 bits per heavy atom. The molecule has 0 saturated heterocycles. The number of aliphatic hydroxyl groups is 2. The van der Waals surface area contributed by atoms with Gasteiger partial charge in [0, 0.05) is 0 Å². The molecule has 0 radical (unpaired) electrons. The van der Waals surface area contributed by atoms with E-state index >= 15 is 0 Å². The van der Waals surface area contributed by atoms with Crippen LogP contribution in [0.1, 0.15) is 58.8 Å². The summed E-state index contributed by atoms with van der Waals surface area (Å²) in [6.45, 7) is 4.74. The lowest BCUT2D eigenvalue weighted by molar-refractivity contribution is -0.0629. The minimum atomic E-state index is -0.0987. The van der Waals surface area contributed by atoms with Gasteiger partial charge < -0.3 is 10.2 Å². The maximum atomic E-state index is 10.5. The Bertz CT molecular complexity index is 456. The first kappa shape index (κ1) is 14.3. The molecule has 2 nitrogen and oxygen atoms in total. The Labute approximate surface area is 128 Å². The molecule has 4 rings (SSSR count). The van der Waals surface area contributed by atoms with Gasteiger partial charge in [-0.25, -0.2) is 0 Å². The SMILES string of the molecule is C[C@@H]1C=C2C[C@@H](O)CC[C@@H]2[C@H]2CC[C@]3(C)[C@@H](O)CC[C@H]3[C@@H]21. The predicted octanol–water partition coefficient (Wildman–Crippen LogP) is 3.53. The molecular weight excluding hydrogens is 260 g/mol. The predicted molar refractivity (Wildman–Crippen MR) is 83.6 cm³/mol. The largest absolute Gasteiger partial charge is 0.393 e. The number of hydrogen-bond donors (Lipinski definition) is 2. The van der Waals surface area contributed by atoms with Gasteiger partial charge in [0.15, 0.2) is 0 Å². The molecule has 0 aromatic carbocycles. The maximum absolute atomic E-state index is 10.5. The van der Waals surface area contributed by atoms with Gasteiger partial charge >= 0.3 is 0 Å². The third-order valence-corrected chi connectivity index (χ3v) is 7.69. The Hall–Kier alpha value is -0.340. The van der Waals surface area contributed by atoms with Crippen LogP contribution in [-0.2, 0) is 0 Å². The van der Waals surface area contributed by atoms with Crippen molar-refractivity contribution in [2.24, 2.45) is 35.0 Å². The van der Waals surface area contributed by atoms with Crippen LogP contribution in [0.4, 0.5) is 0 Å². The minimum Gasteiger partial charge on any atom is -0.393 e. The molecule has 4 aliphatic carbocycles. The minimum absolute atomic E-state index is 0.0748. The van der Waals surface area contributed by atoms with E-state index in [2.05, 4.69) is 19.9 Å². The average molecular weight is 290 g/mol. The number of hydrogen-bond acceptors (Lipinski definition) is 2. The lowest BCUT2D eigenvalue weighted by atomic mass is 9.50. The van der Waals surface area contributed by atoms with Gasteiger partial charge in [-0.2, -0.15) is 0 Å². The molecular formula is C19H30O2. The van der Waals surface area contributed by atoms with Crippen molar-refractivity contribution >= 4 is 0 Å². The molecule has 0 spiro atoms. The zero-order chi connectivity index (χ0) is 14.8. The number of rotatable bonds is 0. The second-order valence-electron chi connectivity index (χ2n) is 8.63. The highest BCUT2D eigenvalue weighted by atomic mass is 16.3. The monoisotopic (exact) mass is 290 g/mol. The standard InChI is InChI=1S/C19H30O2/c1-11-9-12-10-13(20)3-4-14(12)15-7-8-19(2)16(18(11)15)5-6-17(19)21/h9,11,13-18,20-21H,3-8,10H2,1-2H3/t11-,13+,14+,15-,16+,17+,18-,19+/m1/s1. The summed E-state index contributed by atoms with van der Waals surface area (Å²) < 4.78 is 0. The van der Waals surface area contributed by atoms with E-state index in [9.17, 15) is 10.2 Å². The Balaban J connectivity index is 1.67. The van der Waals surface area contributed by atoms with Crippen LogP contribution in [0.5, 0.6) is 0 Å². The quantitative estimate of drug-likeness (QED) is 0.670. The Morgan fingerprint density at radius 2 is 1.90 bits per heavy atom. The van der Waals surface area contributed by atoms with Crippen molar-refractivity contribution in [3.05, 3.63) is 11.6 Å². The zero-order valence-electron chi connectivity index (χ0n) is 13.5. The molecule has 3 fully saturated rings. The first-order valence-electron chi connectivity index (χ1n) is 9.07. The van der Waals surface area contributed by atoms with E-state index in [-0.39, 0.29) is 17.6 Å². The highest BCUT2D eigenvalue weighted by Gasteiger charge is 2.57. The van der Waals surface area contributed by atoms with Gasteiger partial charge in [0.2, 0.25) is 0 Å². The molecule has 0 unspecified atom stereocenters. The van der Waals surface area contributed by atoms with Crippen LogP contribution < -0.4 is 0 Å². The zero-order valence-corrected chi connectivity index (χ0v) is 13.5. The average Bonchev–Trinajstić information content (AvgIpc) is 2.74. The van der Waals surface area contributed by atoms with Gasteiger partial charge in [0.25, 0.3) is 0 Å². The molecule has 0 amide bonds. The fourth-order valence-electron chi connectivity index (χ4n) is 6.63. The molecule has 0 bridgehead atoms. The summed E-state index contributed by atoms with van der Waals surface area (Å²) in [5, 5.41) is 20.5. The summed E-state index contributed by atoms with van der Waals surface area (Å²) in [6, 6.07) is 0. The van der Waals surface area contributed by atoms with E-state index < -0.39 is 0 Å². The second-order valence-corrected chi connectivity index (χ2v) is 8.63. The van der Waals surface area contributed by atoms with E-state index in [1.807, 2.05) is 0 Å². The van der Waals surface area contributed by atoms with Crippen LogP contribution in [0.15, 0.2) is 11.6 Å². The van der Waals surface area contributed by atoms with Gasteiger partial charge in [-0.05, 0) is 80.0 Å². The number of fused-ring (bicyclic) bond motifs is 5. The summed E-state index contributed by atoms with van der Waals surface area (Å²) in [4.78, 5) is 0. The van der Waals surface area contributed by atoms with Crippen molar-refractivity contribution in [3.8, 4) is 0 Å². The fourth-order valence-corrected chi connectivity index (χ4v) is 6.63. The molecule has 2 heteroatoms. The van der Waals surface area contributed by atoms with Gasteiger partial charge in [-0.1, -0.05) is 25.5 Å². The van der Waals surface area contributed by atoms with Crippen LogP contribution in [0.2, 0.25) is 0 Å². The molecule has 0 aromatic heterocycles. The third kappa shape index (κ3) is 1.98. The molecule has 0 aromatic rings. The molecule has 4 aliphatic rings. The fraction of sp³-hybridized carbons (Fsp3) is 0.895. The van der Waals surface area contributed by atoms with Gasteiger partial charge in [0.1, 0.15) is 0 Å². The van der Waals surface area contributed by atoms with Crippen molar-refractivity contribution in [2.45, 2.75) is 71.0 Å². The second kappa shape index (κ2) is 4.83. The van der Waals surface area contributed by atoms with Crippen LogP contribution >= 0.6 is 0 Å². The topological polar surface area (TPSA) is 40.5 Å². The Morgan fingerprint density at radius 1 is 1.10 bits per heavy atom. The number of allylic oxidation sites excluding steroid dienone is 1. The van der Waals surface area contributed by atoms with Crippen molar-refractivity contribution < 1.29 is 10.2 Å². The van der Waals surface area contributed by atoms with E-state index in [4.69, 9.17) is 0 Å². The lowest BCUT2D eigenvalue weighted by Crippen LogP contribution is -2.49. The molecule has 0 aliphatic heterocycles. The smallest absolute Gasteiger partial charge is 0.0596 e. The van der Waals surface area contributed by atoms with E-state index in [0.29, 0.717) is 11.8 Å². The normalized spacial score (nSPS) is 56.2. The van der Waals surface area contributed by atoms with Crippen molar-refractivity contribution in [2.75, 3.05) is 0 Å². The van der Waals surface area contributed by atoms with Crippen LogP contribution in [0.25, 0.3) is 0 Å². The first-order valence-corrected chi connectivity index (χ1v) is 9.07. The van der Waals surface area contributed by atoms with Crippen molar-refractivity contribution in [1.29, 1.82) is 0 Å². The van der Waals surface area contributed by atoms with Gasteiger partial charge in [0.05, 0.1) is 12.2 Å². The molecule has 2 N–H and O–H groups in total. The molecule has 21 heavy (non-hydrogen) atoms. The van der Waals surface area contributed by atoms with E-state index in [0.717, 1.165) is 37.0 Å². The summed E-state index contributed by atoms with van der Waals surface area (Å²) in [5.74, 6) is 3.66. The van der Waals surface area contributed by atoms with Gasteiger partial charge in [-0.3, -0.25) is 0 Å². The molecule has 0 heterocycles. The van der Waals surface area contributed by atoms with Gasteiger partial charge in [-0.15, -0.1) is 0 Å². The Kier molecular flexibility index (Phi) is 3.28. The lowest BCUT2D eigenvalue weighted by Gasteiger charge is -2.55. The van der Waals surface area contributed by atoms with Crippen LogP contribution in [-0.4, -0.2) is 22.4 Å². The number of aliphatic hydroxyl groups excluding tert-OH is 2.